The maximum absolute atomic E-state index is 12.7. The number of H-pyrrole nitrogens is 1. The summed E-state index contributed by atoms with van der Waals surface area (Å²) in [5.74, 6) is -0.219. The van der Waals surface area contributed by atoms with Crippen LogP contribution in [0.2, 0.25) is 5.02 Å². The maximum atomic E-state index is 12.7. The van der Waals surface area contributed by atoms with E-state index in [0.29, 0.717) is 39.3 Å². The van der Waals surface area contributed by atoms with Gasteiger partial charge in [0.15, 0.2) is 4.77 Å². The van der Waals surface area contributed by atoms with Crippen molar-refractivity contribution in [2.75, 3.05) is 6.54 Å². The molecule has 0 aliphatic rings. The van der Waals surface area contributed by atoms with Crippen LogP contribution in [0.15, 0.2) is 59.9 Å². The SMILES string of the molecule is C=CCn1c(=S)[nH]c2cc(C(=O)NCC(C)(C)c3ccc(Cl)cc3)ccc2c1=O. The van der Waals surface area contributed by atoms with E-state index < -0.39 is 0 Å². The van der Waals surface area contributed by atoms with Gasteiger partial charge in [-0.3, -0.25) is 14.2 Å². The van der Waals surface area contributed by atoms with E-state index in [1.165, 1.54) is 4.57 Å². The molecule has 29 heavy (non-hydrogen) atoms. The molecule has 3 rings (SSSR count). The molecule has 0 saturated carbocycles. The van der Waals surface area contributed by atoms with Crippen molar-refractivity contribution >= 4 is 40.6 Å². The molecule has 0 saturated heterocycles. The zero-order valence-corrected chi connectivity index (χ0v) is 17.9. The van der Waals surface area contributed by atoms with Crippen molar-refractivity contribution in [1.82, 2.24) is 14.9 Å². The van der Waals surface area contributed by atoms with E-state index in [-0.39, 0.29) is 16.9 Å². The van der Waals surface area contributed by atoms with Gasteiger partial charge in [0.05, 0.1) is 10.9 Å². The quantitative estimate of drug-likeness (QED) is 0.446. The maximum Gasteiger partial charge on any atom is 0.262 e. The Morgan fingerprint density at radius 1 is 1.28 bits per heavy atom. The Bertz CT molecular complexity index is 1190. The summed E-state index contributed by atoms with van der Waals surface area (Å²) in [6.07, 6.45) is 1.61. The predicted octanol–water partition coefficient (Wildman–Crippen LogP) is 4.61. The van der Waals surface area contributed by atoms with Crippen molar-refractivity contribution in [1.29, 1.82) is 0 Å². The Hall–Kier alpha value is -2.70. The van der Waals surface area contributed by atoms with Crippen LogP contribution in [-0.4, -0.2) is 22.0 Å². The average molecular weight is 428 g/mol. The van der Waals surface area contributed by atoms with Crippen molar-refractivity contribution in [3.63, 3.8) is 0 Å². The van der Waals surface area contributed by atoms with Gasteiger partial charge in [-0.2, -0.15) is 0 Å². The molecular formula is C22H22ClN3O2S. The van der Waals surface area contributed by atoms with Gasteiger partial charge < -0.3 is 10.3 Å². The number of halogens is 1. The number of benzene rings is 2. The molecule has 0 fully saturated rings. The van der Waals surface area contributed by atoms with Gasteiger partial charge in [0.25, 0.3) is 11.5 Å². The molecule has 2 aromatic carbocycles. The minimum Gasteiger partial charge on any atom is -0.351 e. The highest BCUT2D eigenvalue weighted by atomic mass is 35.5. The van der Waals surface area contributed by atoms with E-state index in [1.807, 2.05) is 24.3 Å². The number of aromatic amines is 1. The van der Waals surface area contributed by atoms with Gasteiger partial charge in [-0.15, -0.1) is 6.58 Å². The lowest BCUT2D eigenvalue weighted by molar-refractivity contribution is 0.0946. The van der Waals surface area contributed by atoms with Crippen molar-refractivity contribution < 1.29 is 4.79 Å². The summed E-state index contributed by atoms with van der Waals surface area (Å²) < 4.78 is 1.72. The molecule has 150 valence electrons. The van der Waals surface area contributed by atoms with Crippen LogP contribution in [0, 0.1) is 4.77 Å². The predicted molar refractivity (Wildman–Crippen MR) is 120 cm³/mol. The standard InChI is InChI=1S/C22H22ClN3O2S/c1-4-11-26-20(28)17-10-5-14(12-18(17)25-21(26)29)19(27)24-13-22(2,3)15-6-8-16(23)9-7-15/h4-10,12H,1,11,13H2,2-3H3,(H,24,27)(H,25,29). The third-order valence-electron chi connectivity index (χ3n) is 4.87. The number of hydrogen-bond donors (Lipinski definition) is 2. The summed E-state index contributed by atoms with van der Waals surface area (Å²) in [4.78, 5) is 28.3. The van der Waals surface area contributed by atoms with Crippen LogP contribution in [-0.2, 0) is 12.0 Å². The average Bonchev–Trinajstić information content (AvgIpc) is 2.69. The third-order valence-corrected chi connectivity index (χ3v) is 5.45. The summed E-state index contributed by atoms with van der Waals surface area (Å²) >= 11 is 11.2. The zero-order valence-electron chi connectivity index (χ0n) is 16.3. The molecule has 0 atom stereocenters. The fraction of sp³-hybridized carbons (Fsp3) is 0.227. The first-order chi connectivity index (χ1) is 13.7. The fourth-order valence-corrected chi connectivity index (χ4v) is 3.49. The highest BCUT2D eigenvalue weighted by Gasteiger charge is 2.22. The molecule has 0 aliphatic heterocycles. The molecule has 0 bridgehead atoms. The molecular weight excluding hydrogens is 406 g/mol. The van der Waals surface area contributed by atoms with Gasteiger partial charge in [0.2, 0.25) is 0 Å². The number of carbonyl (C=O) groups is 1. The molecule has 3 aromatic rings. The number of nitrogens with zero attached hydrogens (tertiary/aromatic N) is 1. The molecule has 5 nitrogen and oxygen atoms in total. The number of rotatable bonds is 6. The summed E-state index contributed by atoms with van der Waals surface area (Å²) in [5.41, 5.74) is 1.59. The Morgan fingerprint density at radius 3 is 2.62 bits per heavy atom. The largest absolute Gasteiger partial charge is 0.351 e. The molecule has 1 aromatic heterocycles. The van der Waals surface area contributed by atoms with Crippen molar-refractivity contribution in [3.8, 4) is 0 Å². The van der Waals surface area contributed by atoms with Gasteiger partial charge in [0, 0.05) is 29.1 Å². The van der Waals surface area contributed by atoms with E-state index in [0.717, 1.165) is 5.56 Å². The van der Waals surface area contributed by atoms with Crippen LogP contribution >= 0.6 is 23.8 Å². The van der Waals surface area contributed by atoms with Crippen LogP contribution in [0.4, 0.5) is 0 Å². The topological polar surface area (TPSA) is 66.9 Å². The summed E-state index contributed by atoms with van der Waals surface area (Å²) in [6.45, 7) is 8.52. The number of aromatic nitrogens is 2. The van der Waals surface area contributed by atoms with Crippen LogP contribution in [0.1, 0.15) is 29.8 Å². The van der Waals surface area contributed by atoms with Gasteiger partial charge in [-0.25, -0.2) is 0 Å². The van der Waals surface area contributed by atoms with Gasteiger partial charge >= 0.3 is 0 Å². The molecule has 7 heteroatoms. The second kappa shape index (κ2) is 8.35. The number of hydrogen-bond acceptors (Lipinski definition) is 3. The number of nitrogens with one attached hydrogen (secondary N) is 2. The first-order valence-corrected chi connectivity index (χ1v) is 9.93. The highest BCUT2D eigenvalue weighted by molar-refractivity contribution is 7.71. The van der Waals surface area contributed by atoms with Crippen LogP contribution in [0.5, 0.6) is 0 Å². The second-order valence-electron chi connectivity index (χ2n) is 7.47. The summed E-state index contributed by atoms with van der Waals surface area (Å²) in [7, 11) is 0. The third kappa shape index (κ3) is 4.49. The highest BCUT2D eigenvalue weighted by Crippen LogP contribution is 2.24. The summed E-state index contributed by atoms with van der Waals surface area (Å²) in [5, 5.41) is 4.12. The lowest BCUT2D eigenvalue weighted by Gasteiger charge is -2.25. The van der Waals surface area contributed by atoms with E-state index in [4.69, 9.17) is 23.8 Å². The zero-order chi connectivity index (χ0) is 21.2. The van der Waals surface area contributed by atoms with Gasteiger partial charge in [-0.05, 0) is 48.1 Å². The second-order valence-corrected chi connectivity index (χ2v) is 8.29. The molecule has 1 amide bonds. The lowest BCUT2D eigenvalue weighted by atomic mass is 9.84. The number of allylic oxidation sites excluding steroid dienone is 1. The smallest absolute Gasteiger partial charge is 0.262 e. The molecule has 0 radical (unpaired) electrons. The minimum absolute atomic E-state index is 0.209. The van der Waals surface area contributed by atoms with Crippen LogP contribution in [0.25, 0.3) is 10.9 Å². The molecule has 1 heterocycles. The van der Waals surface area contributed by atoms with Gasteiger partial charge in [0.1, 0.15) is 0 Å². The number of amides is 1. The first-order valence-electron chi connectivity index (χ1n) is 9.15. The van der Waals surface area contributed by atoms with Crippen molar-refractivity contribution in [2.45, 2.75) is 25.8 Å². The van der Waals surface area contributed by atoms with Crippen molar-refractivity contribution in [3.05, 3.63) is 86.4 Å². The molecule has 0 unspecified atom stereocenters. The van der Waals surface area contributed by atoms with Crippen LogP contribution in [0.3, 0.4) is 0 Å². The first kappa shape index (κ1) is 21.0. The molecule has 2 N–H and O–H groups in total. The van der Waals surface area contributed by atoms with E-state index in [2.05, 4.69) is 30.7 Å². The van der Waals surface area contributed by atoms with Crippen molar-refractivity contribution in [2.24, 2.45) is 0 Å². The molecule has 0 spiro atoms. The minimum atomic E-state index is -0.268. The number of fused-ring (bicyclic) bond motifs is 1. The normalized spacial score (nSPS) is 11.4. The van der Waals surface area contributed by atoms with E-state index in [9.17, 15) is 9.59 Å². The number of carbonyl (C=O) groups excluding carboxylic acids is 1. The summed E-state index contributed by atoms with van der Waals surface area (Å²) in [6, 6.07) is 12.5. The Balaban J connectivity index is 1.83. The Kier molecular flexibility index (Phi) is 6.05. The monoisotopic (exact) mass is 427 g/mol. The van der Waals surface area contributed by atoms with E-state index >= 15 is 0 Å². The Morgan fingerprint density at radius 2 is 1.97 bits per heavy atom. The Labute approximate surface area is 179 Å². The lowest BCUT2D eigenvalue weighted by Crippen LogP contribution is -2.36. The fourth-order valence-electron chi connectivity index (χ4n) is 3.10. The van der Waals surface area contributed by atoms with Crippen LogP contribution < -0.4 is 10.9 Å². The van der Waals surface area contributed by atoms with E-state index in [1.54, 1.807) is 24.3 Å². The molecule has 0 aliphatic carbocycles. The van der Waals surface area contributed by atoms with Gasteiger partial charge in [-0.1, -0.05) is 43.7 Å².